The minimum atomic E-state index is 0.204. The second kappa shape index (κ2) is 6.76. The number of hydrogen-bond donors (Lipinski definition) is 1. The zero-order valence-corrected chi connectivity index (χ0v) is 13.9. The van der Waals surface area contributed by atoms with Gasteiger partial charge in [0.25, 0.3) is 0 Å². The molecule has 1 N–H and O–H groups in total. The van der Waals surface area contributed by atoms with Crippen LogP contribution in [0.2, 0.25) is 5.02 Å². The molecule has 0 aliphatic carbocycles. The first-order valence-electron chi connectivity index (χ1n) is 7.26. The number of halogens is 1. The van der Waals surface area contributed by atoms with Crippen LogP contribution in [0.25, 0.3) is 0 Å². The van der Waals surface area contributed by atoms with Gasteiger partial charge in [0.1, 0.15) is 0 Å². The minimum absolute atomic E-state index is 0.204. The Morgan fingerprint density at radius 2 is 1.95 bits per heavy atom. The van der Waals surface area contributed by atoms with E-state index in [0.717, 1.165) is 42.3 Å². The summed E-state index contributed by atoms with van der Waals surface area (Å²) < 4.78 is 2.03. The van der Waals surface area contributed by atoms with Crippen LogP contribution in [0, 0.1) is 12.3 Å². The van der Waals surface area contributed by atoms with Crippen LogP contribution in [0.5, 0.6) is 0 Å². The molecule has 1 aromatic heterocycles. The molecule has 0 aliphatic heterocycles. The number of nitrogens with one attached hydrogen (secondary N) is 1. The maximum Gasteiger partial charge on any atom is 0.0847 e. The van der Waals surface area contributed by atoms with Crippen LogP contribution in [0.4, 0.5) is 0 Å². The third-order valence-corrected chi connectivity index (χ3v) is 4.03. The Morgan fingerprint density at radius 1 is 1.32 bits per heavy atom. The highest BCUT2D eigenvalue weighted by atomic mass is 35.5. The van der Waals surface area contributed by atoms with Crippen molar-refractivity contribution in [2.24, 2.45) is 5.41 Å². The van der Waals surface area contributed by atoms with Gasteiger partial charge >= 0.3 is 0 Å². The first-order chi connectivity index (χ1) is 8.81. The Balaban J connectivity index is 2.96. The standard InChI is InChI=1S/C15H28ClN3/c1-7-9-17-13(15(4,5)6)10-12-14(16)11(3)18-19(12)8-2/h13,17H,7-10H2,1-6H3. The molecule has 19 heavy (non-hydrogen) atoms. The Morgan fingerprint density at radius 3 is 2.42 bits per heavy atom. The van der Waals surface area contributed by atoms with E-state index in [0.29, 0.717) is 6.04 Å². The largest absolute Gasteiger partial charge is 0.313 e. The number of hydrogen-bond acceptors (Lipinski definition) is 2. The molecule has 0 aromatic carbocycles. The van der Waals surface area contributed by atoms with Gasteiger partial charge in [0.05, 0.1) is 16.4 Å². The molecule has 0 fully saturated rings. The number of nitrogens with zero attached hydrogens (tertiary/aromatic N) is 2. The molecule has 1 aromatic rings. The lowest BCUT2D eigenvalue weighted by Crippen LogP contribution is -2.42. The van der Waals surface area contributed by atoms with E-state index in [2.05, 4.69) is 45.0 Å². The molecule has 0 saturated heterocycles. The molecule has 110 valence electrons. The van der Waals surface area contributed by atoms with Crippen LogP contribution in [0.15, 0.2) is 0 Å². The molecule has 1 rings (SSSR count). The van der Waals surface area contributed by atoms with Crippen LogP contribution in [0.3, 0.4) is 0 Å². The van der Waals surface area contributed by atoms with Crippen LogP contribution in [-0.4, -0.2) is 22.4 Å². The summed E-state index contributed by atoms with van der Waals surface area (Å²) in [6.45, 7) is 15.0. The Labute approximate surface area is 122 Å². The van der Waals surface area contributed by atoms with E-state index in [1.807, 2.05) is 11.6 Å². The summed E-state index contributed by atoms with van der Waals surface area (Å²) in [5.41, 5.74) is 2.29. The van der Waals surface area contributed by atoms with E-state index in [-0.39, 0.29) is 5.41 Å². The Kier molecular flexibility index (Phi) is 5.87. The molecule has 0 aliphatic rings. The summed E-state index contributed by atoms with van der Waals surface area (Å²) in [5, 5.41) is 8.98. The van der Waals surface area contributed by atoms with Gasteiger partial charge in [-0.25, -0.2) is 0 Å². The van der Waals surface area contributed by atoms with Gasteiger partial charge in [-0.1, -0.05) is 39.3 Å². The highest BCUT2D eigenvalue weighted by Crippen LogP contribution is 2.27. The van der Waals surface area contributed by atoms with E-state index >= 15 is 0 Å². The molecule has 0 amide bonds. The predicted octanol–water partition coefficient (Wildman–Crippen LogP) is 3.82. The normalized spacial score (nSPS) is 13.8. The Bertz CT molecular complexity index is 404. The first-order valence-corrected chi connectivity index (χ1v) is 7.64. The summed E-state index contributed by atoms with van der Waals surface area (Å²) in [6.07, 6.45) is 2.07. The number of rotatable bonds is 6. The summed E-state index contributed by atoms with van der Waals surface area (Å²) >= 11 is 6.41. The molecule has 0 spiro atoms. The molecule has 1 unspecified atom stereocenters. The van der Waals surface area contributed by atoms with E-state index in [9.17, 15) is 0 Å². The van der Waals surface area contributed by atoms with Crippen molar-refractivity contribution in [1.29, 1.82) is 0 Å². The van der Waals surface area contributed by atoms with Crippen molar-refractivity contribution in [2.75, 3.05) is 6.54 Å². The van der Waals surface area contributed by atoms with Gasteiger partial charge in [0.2, 0.25) is 0 Å². The molecular weight excluding hydrogens is 258 g/mol. The van der Waals surface area contributed by atoms with Crippen molar-refractivity contribution in [1.82, 2.24) is 15.1 Å². The zero-order valence-electron chi connectivity index (χ0n) is 13.2. The lowest BCUT2D eigenvalue weighted by atomic mass is 9.84. The fourth-order valence-electron chi connectivity index (χ4n) is 2.26. The second-order valence-electron chi connectivity index (χ2n) is 6.24. The van der Waals surface area contributed by atoms with Crippen molar-refractivity contribution in [2.45, 2.75) is 67.0 Å². The van der Waals surface area contributed by atoms with Gasteiger partial charge in [-0.2, -0.15) is 5.10 Å². The molecule has 0 radical (unpaired) electrons. The lowest BCUT2D eigenvalue weighted by Gasteiger charge is -2.32. The van der Waals surface area contributed by atoms with E-state index in [1.165, 1.54) is 0 Å². The summed E-state index contributed by atoms with van der Waals surface area (Å²) in [5.74, 6) is 0. The Hall–Kier alpha value is -0.540. The SMILES string of the molecule is CCCNC(Cc1c(Cl)c(C)nn1CC)C(C)(C)C. The summed E-state index contributed by atoms with van der Waals surface area (Å²) in [4.78, 5) is 0. The van der Waals surface area contributed by atoms with E-state index in [1.54, 1.807) is 0 Å². The van der Waals surface area contributed by atoms with Gasteiger partial charge in [-0.15, -0.1) is 0 Å². The van der Waals surface area contributed by atoms with Crippen LogP contribution in [0.1, 0.15) is 52.4 Å². The van der Waals surface area contributed by atoms with Gasteiger partial charge in [0, 0.05) is 19.0 Å². The maximum atomic E-state index is 6.41. The van der Waals surface area contributed by atoms with Crippen molar-refractivity contribution in [3.05, 3.63) is 16.4 Å². The molecule has 3 nitrogen and oxygen atoms in total. The van der Waals surface area contributed by atoms with Gasteiger partial charge in [0.15, 0.2) is 0 Å². The van der Waals surface area contributed by atoms with Gasteiger partial charge in [-0.3, -0.25) is 4.68 Å². The number of aryl methyl sites for hydroxylation is 2. The smallest absolute Gasteiger partial charge is 0.0847 e. The zero-order chi connectivity index (χ0) is 14.6. The predicted molar refractivity (Wildman–Crippen MR) is 82.9 cm³/mol. The minimum Gasteiger partial charge on any atom is -0.313 e. The molecule has 0 bridgehead atoms. The molecule has 4 heteroatoms. The quantitative estimate of drug-likeness (QED) is 0.861. The van der Waals surface area contributed by atoms with Crippen molar-refractivity contribution in [3.63, 3.8) is 0 Å². The van der Waals surface area contributed by atoms with Crippen molar-refractivity contribution < 1.29 is 0 Å². The van der Waals surface area contributed by atoms with Gasteiger partial charge < -0.3 is 5.32 Å². The summed E-state index contributed by atoms with van der Waals surface area (Å²) in [7, 11) is 0. The highest BCUT2D eigenvalue weighted by Gasteiger charge is 2.27. The molecular formula is C15H28ClN3. The van der Waals surface area contributed by atoms with Crippen LogP contribution < -0.4 is 5.32 Å². The molecule has 1 heterocycles. The van der Waals surface area contributed by atoms with Crippen molar-refractivity contribution >= 4 is 11.6 Å². The van der Waals surface area contributed by atoms with Crippen LogP contribution in [-0.2, 0) is 13.0 Å². The van der Waals surface area contributed by atoms with Gasteiger partial charge in [-0.05, 0) is 32.2 Å². The van der Waals surface area contributed by atoms with Crippen LogP contribution >= 0.6 is 11.6 Å². The monoisotopic (exact) mass is 285 g/mol. The average molecular weight is 286 g/mol. The van der Waals surface area contributed by atoms with E-state index < -0.39 is 0 Å². The third-order valence-electron chi connectivity index (χ3n) is 3.54. The fourth-order valence-corrected chi connectivity index (χ4v) is 2.47. The van der Waals surface area contributed by atoms with E-state index in [4.69, 9.17) is 11.6 Å². The molecule has 1 atom stereocenters. The second-order valence-corrected chi connectivity index (χ2v) is 6.62. The highest BCUT2D eigenvalue weighted by molar-refractivity contribution is 6.31. The summed E-state index contributed by atoms with van der Waals surface area (Å²) in [6, 6.07) is 0.409. The molecule has 0 saturated carbocycles. The topological polar surface area (TPSA) is 29.9 Å². The maximum absolute atomic E-state index is 6.41. The number of aromatic nitrogens is 2. The lowest BCUT2D eigenvalue weighted by molar-refractivity contribution is 0.263. The fraction of sp³-hybridized carbons (Fsp3) is 0.800. The average Bonchev–Trinajstić information content (AvgIpc) is 2.60. The van der Waals surface area contributed by atoms with Crippen molar-refractivity contribution in [3.8, 4) is 0 Å². The third kappa shape index (κ3) is 4.22. The first kappa shape index (κ1) is 16.5.